The second-order valence-electron chi connectivity index (χ2n) is 7.42. The van der Waals surface area contributed by atoms with E-state index in [4.69, 9.17) is 10.7 Å². The van der Waals surface area contributed by atoms with Crippen molar-refractivity contribution >= 4 is 33.3 Å². The number of piperidine rings is 1. The molecule has 2 atom stereocenters. The van der Waals surface area contributed by atoms with Gasteiger partial charge in [-0.3, -0.25) is 9.48 Å². The number of aryl methyl sites for hydroxylation is 1. The van der Waals surface area contributed by atoms with Crippen LogP contribution < -0.4 is 16.4 Å². The summed E-state index contributed by atoms with van der Waals surface area (Å²) in [5, 5.41) is 15.0. The lowest BCUT2D eigenvalue weighted by atomic mass is 9.91. The minimum Gasteiger partial charge on any atom is -0.383 e. The molecule has 1 amide bonds. The zero-order valence-electron chi connectivity index (χ0n) is 16.5. The highest BCUT2D eigenvalue weighted by atomic mass is 79.9. The Morgan fingerprint density at radius 2 is 2.21 bits per heavy atom. The van der Waals surface area contributed by atoms with Crippen molar-refractivity contribution in [2.75, 3.05) is 18.8 Å². The van der Waals surface area contributed by atoms with Gasteiger partial charge in [0.15, 0.2) is 5.65 Å². The molecule has 9 nitrogen and oxygen atoms in total. The van der Waals surface area contributed by atoms with Crippen LogP contribution in [0, 0.1) is 0 Å². The molecular weight excluding hydrogens is 436 g/mol. The van der Waals surface area contributed by atoms with Crippen LogP contribution in [0.3, 0.4) is 0 Å². The second-order valence-corrected chi connectivity index (χ2v) is 8.21. The lowest BCUT2D eigenvalue weighted by Crippen LogP contribution is -2.48. The molecule has 0 saturated carbocycles. The van der Waals surface area contributed by atoms with Crippen LogP contribution in [-0.2, 0) is 11.8 Å². The van der Waals surface area contributed by atoms with Gasteiger partial charge in [0.25, 0.3) is 0 Å². The number of carbonyl (C=O) groups is 1. The molecule has 0 spiro atoms. The summed E-state index contributed by atoms with van der Waals surface area (Å²) in [6.45, 7) is 3.42. The molecule has 1 aliphatic rings. The second kappa shape index (κ2) is 8.11. The third-order valence-electron chi connectivity index (χ3n) is 5.33. The van der Waals surface area contributed by atoms with Crippen LogP contribution >= 0.6 is 15.9 Å². The number of halogens is 1. The Balaban J connectivity index is 1.61. The zero-order chi connectivity index (χ0) is 20.5. The van der Waals surface area contributed by atoms with E-state index in [1.807, 2.05) is 20.2 Å². The van der Waals surface area contributed by atoms with Crippen LogP contribution in [0.15, 0.2) is 23.1 Å². The third-order valence-corrected chi connectivity index (χ3v) is 6.14. The molecule has 4 rings (SSSR count). The first kappa shape index (κ1) is 19.8. The Morgan fingerprint density at radius 1 is 1.38 bits per heavy atom. The third kappa shape index (κ3) is 3.74. The quantitative estimate of drug-likeness (QED) is 0.534. The predicted octanol–water partition coefficient (Wildman–Crippen LogP) is 1.84. The van der Waals surface area contributed by atoms with E-state index < -0.39 is 0 Å². The van der Waals surface area contributed by atoms with E-state index in [1.165, 1.54) is 0 Å². The molecule has 1 fully saturated rings. The molecule has 0 aliphatic carbocycles. The van der Waals surface area contributed by atoms with Crippen molar-refractivity contribution in [2.24, 2.45) is 7.05 Å². The number of hydrogen-bond acceptors (Lipinski definition) is 6. The van der Waals surface area contributed by atoms with Gasteiger partial charge in [-0.05, 0) is 35.2 Å². The van der Waals surface area contributed by atoms with Crippen LogP contribution in [0.25, 0.3) is 16.8 Å². The molecule has 4 N–H and O–H groups in total. The molecule has 0 aromatic carbocycles. The van der Waals surface area contributed by atoms with Gasteiger partial charge in [0.2, 0.25) is 5.91 Å². The Morgan fingerprint density at radius 3 is 2.86 bits per heavy atom. The van der Waals surface area contributed by atoms with Gasteiger partial charge in [-0.1, -0.05) is 6.92 Å². The minimum absolute atomic E-state index is 0.0712. The summed E-state index contributed by atoms with van der Waals surface area (Å²) in [7, 11) is 1.87. The maximum atomic E-state index is 12.2. The highest BCUT2D eigenvalue weighted by Crippen LogP contribution is 2.35. The summed E-state index contributed by atoms with van der Waals surface area (Å²) in [6.07, 6.45) is 8.03. The van der Waals surface area contributed by atoms with Crippen molar-refractivity contribution in [3.63, 3.8) is 0 Å². The Hall–Kier alpha value is -2.46. The van der Waals surface area contributed by atoms with Crippen molar-refractivity contribution in [1.29, 1.82) is 0 Å². The normalized spacial score (nSPS) is 19.6. The van der Waals surface area contributed by atoms with Crippen LogP contribution in [0.1, 0.15) is 37.8 Å². The number of aromatic nitrogens is 5. The molecule has 1 aliphatic heterocycles. The highest BCUT2D eigenvalue weighted by molar-refractivity contribution is 9.10. The first-order valence-electron chi connectivity index (χ1n) is 9.82. The number of fused-ring (bicyclic) bond motifs is 1. The van der Waals surface area contributed by atoms with Crippen LogP contribution in [-0.4, -0.2) is 49.4 Å². The molecule has 1 saturated heterocycles. The van der Waals surface area contributed by atoms with Crippen molar-refractivity contribution < 1.29 is 4.79 Å². The van der Waals surface area contributed by atoms with Gasteiger partial charge in [-0.25, -0.2) is 4.98 Å². The van der Waals surface area contributed by atoms with Gasteiger partial charge in [-0.15, -0.1) is 0 Å². The number of hydrogen-bond donors (Lipinski definition) is 3. The Bertz CT molecular complexity index is 1030. The first-order valence-corrected chi connectivity index (χ1v) is 10.6. The van der Waals surface area contributed by atoms with E-state index in [-0.39, 0.29) is 17.9 Å². The van der Waals surface area contributed by atoms with Crippen LogP contribution in [0.2, 0.25) is 0 Å². The molecule has 0 bridgehead atoms. The van der Waals surface area contributed by atoms with E-state index in [0.717, 1.165) is 40.6 Å². The van der Waals surface area contributed by atoms with Crippen molar-refractivity contribution in [3.8, 4) is 11.1 Å². The number of anilines is 1. The SMILES string of the molecule is CCCNC(=O)[C@@H]1CC[C@H](c2nc3c(-c4cnn(C)c4)cnn3c(N)c2Br)CN1. The number of nitrogen functional groups attached to an aromatic ring is 1. The van der Waals surface area contributed by atoms with Gasteiger partial charge in [0.1, 0.15) is 5.82 Å². The van der Waals surface area contributed by atoms with Gasteiger partial charge in [0, 0.05) is 43.4 Å². The Labute approximate surface area is 177 Å². The van der Waals surface area contributed by atoms with Crippen LogP contribution in [0.5, 0.6) is 0 Å². The lowest BCUT2D eigenvalue weighted by molar-refractivity contribution is -0.123. The number of carbonyl (C=O) groups excluding carboxylic acids is 1. The number of amides is 1. The molecule has 3 aromatic heterocycles. The predicted molar refractivity (Wildman–Crippen MR) is 114 cm³/mol. The molecule has 154 valence electrons. The maximum Gasteiger partial charge on any atom is 0.237 e. The standard InChI is InChI=1S/C19H25BrN8O/c1-3-6-22-19(29)14-5-4-11(7-23-14)16-15(20)17(21)28-18(26-16)13(9-25-28)12-8-24-27(2)10-12/h8-11,14,23H,3-7,21H2,1-2H3,(H,22,29)/t11-,14-/m0/s1. The average molecular weight is 461 g/mol. The largest absolute Gasteiger partial charge is 0.383 e. The molecular formula is C19H25BrN8O. The van der Waals surface area contributed by atoms with E-state index in [1.54, 1.807) is 21.6 Å². The highest BCUT2D eigenvalue weighted by Gasteiger charge is 2.29. The lowest BCUT2D eigenvalue weighted by Gasteiger charge is -2.29. The van der Waals surface area contributed by atoms with Gasteiger partial charge >= 0.3 is 0 Å². The fourth-order valence-electron chi connectivity index (χ4n) is 3.73. The number of nitrogens with one attached hydrogen (secondary N) is 2. The van der Waals surface area contributed by atoms with Crippen LogP contribution in [0.4, 0.5) is 5.82 Å². The molecule has 3 aromatic rings. The number of rotatable bonds is 5. The minimum atomic E-state index is -0.154. The topological polar surface area (TPSA) is 115 Å². The summed E-state index contributed by atoms with van der Waals surface area (Å²) in [5.41, 5.74) is 9.79. The summed E-state index contributed by atoms with van der Waals surface area (Å²) in [4.78, 5) is 17.1. The number of nitrogens with zero attached hydrogens (tertiary/aromatic N) is 5. The molecule has 4 heterocycles. The van der Waals surface area contributed by atoms with Crippen molar-refractivity contribution in [1.82, 2.24) is 35.0 Å². The summed E-state index contributed by atoms with van der Waals surface area (Å²) in [5.74, 6) is 0.744. The van der Waals surface area contributed by atoms with Crippen molar-refractivity contribution in [2.45, 2.75) is 38.1 Å². The smallest absolute Gasteiger partial charge is 0.237 e. The van der Waals surface area contributed by atoms with E-state index in [0.29, 0.717) is 24.6 Å². The first-order chi connectivity index (χ1) is 14.0. The van der Waals surface area contributed by atoms with Gasteiger partial charge in [-0.2, -0.15) is 14.7 Å². The summed E-state index contributed by atoms with van der Waals surface area (Å²) in [6, 6.07) is -0.154. The molecule has 29 heavy (non-hydrogen) atoms. The molecule has 0 radical (unpaired) electrons. The van der Waals surface area contributed by atoms with E-state index >= 15 is 0 Å². The number of nitrogens with two attached hydrogens (primary N) is 1. The van der Waals surface area contributed by atoms with E-state index in [9.17, 15) is 4.79 Å². The molecule has 0 unspecified atom stereocenters. The molecule has 10 heteroatoms. The van der Waals surface area contributed by atoms with E-state index in [2.05, 4.69) is 36.8 Å². The zero-order valence-corrected chi connectivity index (χ0v) is 18.1. The van der Waals surface area contributed by atoms with Gasteiger partial charge in [0.05, 0.1) is 28.6 Å². The Kier molecular flexibility index (Phi) is 5.55. The fraction of sp³-hybridized carbons (Fsp3) is 0.474. The maximum absolute atomic E-state index is 12.2. The summed E-state index contributed by atoms with van der Waals surface area (Å²) >= 11 is 3.61. The van der Waals surface area contributed by atoms with Crippen molar-refractivity contribution in [3.05, 3.63) is 28.8 Å². The fourth-order valence-corrected chi connectivity index (χ4v) is 4.31. The van der Waals surface area contributed by atoms with Gasteiger partial charge < -0.3 is 16.4 Å². The average Bonchev–Trinajstić information content (AvgIpc) is 3.35. The summed E-state index contributed by atoms with van der Waals surface area (Å²) < 4.78 is 4.15. The monoisotopic (exact) mass is 460 g/mol.